The zero-order valence-electron chi connectivity index (χ0n) is 19.0. The summed E-state index contributed by atoms with van der Waals surface area (Å²) >= 11 is 7.08. The van der Waals surface area contributed by atoms with Crippen LogP contribution in [0.4, 0.5) is 0 Å². The molecule has 0 fully saturated rings. The maximum absolute atomic E-state index is 12.6. The summed E-state index contributed by atoms with van der Waals surface area (Å²) in [7, 11) is 3.06. The van der Waals surface area contributed by atoms with Crippen LogP contribution in [-0.4, -0.2) is 26.3 Å². The highest BCUT2D eigenvalue weighted by atomic mass is 79.9. The predicted octanol–water partition coefficient (Wildman–Crippen LogP) is 6.72. The van der Waals surface area contributed by atoms with Crippen molar-refractivity contribution in [2.24, 2.45) is 5.10 Å². The fraction of sp³-hybridized carbons (Fsp3) is 0.111. The number of fused-ring (bicyclic) bond motifs is 1. The smallest absolute Gasteiger partial charge is 0.271 e. The summed E-state index contributed by atoms with van der Waals surface area (Å²) in [5.74, 6) is 1.24. The Kier molecular flexibility index (Phi) is 8.05. The van der Waals surface area contributed by atoms with Gasteiger partial charge in [-0.1, -0.05) is 58.4 Å². The molecule has 0 aromatic heterocycles. The van der Waals surface area contributed by atoms with Gasteiger partial charge in [-0.05, 0) is 62.6 Å². The van der Waals surface area contributed by atoms with E-state index in [2.05, 4.69) is 60.6 Å². The van der Waals surface area contributed by atoms with E-state index in [1.54, 1.807) is 24.4 Å². The van der Waals surface area contributed by atoms with Crippen LogP contribution in [0, 0.1) is 0 Å². The molecule has 0 unspecified atom stereocenters. The molecule has 35 heavy (non-hydrogen) atoms. The Morgan fingerprint density at radius 2 is 1.71 bits per heavy atom. The van der Waals surface area contributed by atoms with Gasteiger partial charge < -0.3 is 14.2 Å². The van der Waals surface area contributed by atoms with Crippen LogP contribution in [0.15, 0.2) is 86.8 Å². The number of hydrazone groups is 1. The van der Waals surface area contributed by atoms with Gasteiger partial charge in [0.25, 0.3) is 5.91 Å². The molecule has 0 aliphatic carbocycles. The van der Waals surface area contributed by atoms with E-state index in [1.165, 1.54) is 14.2 Å². The molecule has 0 heterocycles. The summed E-state index contributed by atoms with van der Waals surface area (Å²) in [4.78, 5) is 12.6. The number of carbonyl (C=O) groups is 1. The van der Waals surface area contributed by atoms with Crippen molar-refractivity contribution in [2.75, 3.05) is 14.2 Å². The van der Waals surface area contributed by atoms with Crippen molar-refractivity contribution >= 4 is 54.8 Å². The number of ether oxygens (including phenoxy) is 3. The third-order valence-corrected chi connectivity index (χ3v) is 6.35. The second kappa shape index (κ2) is 11.4. The van der Waals surface area contributed by atoms with E-state index in [4.69, 9.17) is 14.2 Å². The topological polar surface area (TPSA) is 69.2 Å². The highest BCUT2D eigenvalue weighted by Gasteiger charge is 2.12. The molecule has 0 saturated carbocycles. The Labute approximate surface area is 220 Å². The first-order valence-corrected chi connectivity index (χ1v) is 12.2. The Hall–Kier alpha value is -3.36. The molecule has 1 N–H and O–H groups in total. The van der Waals surface area contributed by atoms with Crippen molar-refractivity contribution in [1.82, 2.24) is 5.43 Å². The van der Waals surface area contributed by atoms with Crippen LogP contribution in [0.25, 0.3) is 10.8 Å². The number of methoxy groups -OCH3 is 2. The van der Waals surface area contributed by atoms with Crippen LogP contribution >= 0.6 is 31.9 Å². The summed E-state index contributed by atoms with van der Waals surface area (Å²) in [6.07, 6.45) is 1.55. The lowest BCUT2D eigenvalue weighted by atomic mass is 10.1. The standard InChI is InChI=1S/C27H22Br2N2O4/c1-33-24-11-10-18(13-25(24)34-2)27(32)31-30-15-20-12-21(28)14-23(29)26(20)35-16-19-8-5-7-17-6-3-4-9-22(17)19/h3-15H,16H2,1-2H3,(H,31,32)/b30-15+. The summed E-state index contributed by atoms with van der Waals surface area (Å²) in [5, 5.41) is 6.44. The molecule has 4 aromatic carbocycles. The first-order chi connectivity index (χ1) is 17.0. The molecule has 6 nitrogen and oxygen atoms in total. The van der Waals surface area contributed by atoms with E-state index in [-0.39, 0.29) is 5.91 Å². The summed E-state index contributed by atoms with van der Waals surface area (Å²) in [6.45, 7) is 0.375. The van der Waals surface area contributed by atoms with E-state index in [9.17, 15) is 4.79 Å². The number of halogens is 2. The summed E-state index contributed by atoms with van der Waals surface area (Å²) in [6, 6.07) is 23.0. The van der Waals surface area contributed by atoms with Gasteiger partial charge in [0.1, 0.15) is 12.4 Å². The highest BCUT2D eigenvalue weighted by molar-refractivity contribution is 9.11. The quantitative estimate of drug-likeness (QED) is 0.181. The normalized spacial score (nSPS) is 11.0. The van der Waals surface area contributed by atoms with Crippen molar-refractivity contribution in [3.8, 4) is 17.2 Å². The number of carbonyl (C=O) groups excluding carboxylic acids is 1. The van der Waals surface area contributed by atoms with E-state index in [0.717, 1.165) is 25.3 Å². The lowest BCUT2D eigenvalue weighted by Gasteiger charge is -2.13. The van der Waals surface area contributed by atoms with Crippen LogP contribution in [0.1, 0.15) is 21.5 Å². The average molecular weight is 598 g/mol. The first kappa shape index (κ1) is 24.8. The molecule has 8 heteroatoms. The molecule has 0 aliphatic rings. The van der Waals surface area contributed by atoms with Gasteiger partial charge in [0.05, 0.1) is 24.9 Å². The van der Waals surface area contributed by atoms with Gasteiger partial charge in [-0.25, -0.2) is 5.43 Å². The molecule has 0 radical (unpaired) electrons. The monoisotopic (exact) mass is 596 g/mol. The number of nitrogens with one attached hydrogen (secondary N) is 1. The fourth-order valence-electron chi connectivity index (χ4n) is 3.60. The first-order valence-electron chi connectivity index (χ1n) is 10.6. The third kappa shape index (κ3) is 5.83. The Morgan fingerprint density at radius 3 is 2.51 bits per heavy atom. The number of nitrogens with zero attached hydrogens (tertiary/aromatic N) is 1. The molecule has 0 bridgehead atoms. The fourth-order valence-corrected chi connectivity index (χ4v) is 4.97. The number of hydrogen-bond donors (Lipinski definition) is 1. The van der Waals surface area contributed by atoms with Gasteiger partial charge in [0.15, 0.2) is 11.5 Å². The molecular formula is C27H22Br2N2O4. The zero-order valence-corrected chi connectivity index (χ0v) is 22.2. The number of hydrogen-bond acceptors (Lipinski definition) is 5. The van der Waals surface area contributed by atoms with Crippen LogP contribution in [0.3, 0.4) is 0 Å². The van der Waals surface area contributed by atoms with Gasteiger partial charge in [0, 0.05) is 15.6 Å². The number of benzene rings is 4. The SMILES string of the molecule is COc1ccc(C(=O)N/N=C/c2cc(Br)cc(Br)c2OCc2cccc3ccccc23)cc1OC. The molecule has 4 aromatic rings. The van der Waals surface area contributed by atoms with Gasteiger partial charge in [-0.15, -0.1) is 0 Å². The molecule has 178 valence electrons. The van der Waals surface area contributed by atoms with E-state index >= 15 is 0 Å². The minimum atomic E-state index is -0.380. The van der Waals surface area contributed by atoms with Crippen LogP contribution in [-0.2, 0) is 6.61 Å². The summed E-state index contributed by atoms with van der Waals surface area (Å²) < 4.78 is 18.3. The van der Waals surface area contributed by atoms with Crippen molar-refractivity contribution in [1.29, 1.82) is 0 Å². The zero-order chi connectivity index (χ0) is 24.8. The molecule has 4 rings (SSSR count). The minimum absolute atomic E-state index is 0.375. The van der Waals surface area contributed by atoms with Gasteiger partial charge in [-0.3, -0.25) is 4.79 Å². The summed E-state index contributed by atoms with van der Waals surface area (Å²) in [5.41, 5.74) is 4.71. The van der Waals surface area contributed by atoms with Gasteiger partial charge in [0.2, 0.25) is 0 Å². The van der Waals surface area contributed by atoms with Gasteiger partial charge >= 0.3 is 0 Å². The Balaban J connectivity index is 1.52. The van der Waals surface area contributed by atoms with E-state index < -0.39 is 0 Å². The van der Waals surface area contributed by atoms with Crippen molar-refractivity contribution < 1.29 is 19.0 Å². The largest absolute Gasteiger partial charge is 0.493 e. The maximum Gasteiger partial charge on any atom is 0.271 e. The highest BCUT2D eigenvalue weighted by Crippen LogP contribution is 2.33. The average Bonchev–Trinajstić information content (AvgIpc) is 2.87. The van der Waals surface area contributed by atoms with Crippen LogP contribution < -0.4 is 19.6 Å². The van der Waals surface area contributed by atoms with Crippen LogP contribution in [0.2, 0.25) is 0 Å². The van der Waals surface area contributed by atoms with Crippen molar-refractivity contribution in [2.45, 2.75) is 6.61 Å². The Morgan fingerprint density at radius 1 is 0.943 bits per heavy atom. The predicted molar refractivity (Wildman–Crippen MR) is 145 cm³/mol. The Bertz CT molecular complexity index is 1400. The van der Waals surface area contributed by atoms with Crippen molar-refractivity contribution in [3.63, 3.8) is 0 Å². The second-order valence-corrected chi connectivity index (χ2v) is 9.27. The molecular weight excluding hydrogens is 576 g/mol. The maximum atomic E-state index is 12.6. The second-order valence-electron chi connectivity index (χ2n) is 7.50. The molecule has 0 aliphatic heterocycles. The lowest BCUT2D eigenvalue weighted by Crippen LogP contribution is -2.17. The number of amides is 1. The van der Waals surface area contributed by atoms with Crippen molar-refractivity contribution in [3.05, 3.63) is 98.4 Å². The van der Waals surface area contributed by atoms with Gasteiger partial charge in [-0.2, -0.15) is 5.10 Å². The lowest BCUT2D eigenvalue weighted by molar-refractivity contribution is 0.0954. The molecule has 1 amide bonds. The molecule has 0 saturated heterocycles. The molecule has 0 atom stereocenters. The van der Waals surface area contributed by atoms with E-state index in [1.807, 2.05) is 36.4 Å². The third-order valence-electron chi connectivity index (χ3n) is 5.30. The minimum Gasteiger partial charge on any atom is -0.493 e. The number of rotatable bonds is 8. The molecule has 0 spiro atoms. The van der Waals surface area contributed by atoms with E-state index in [0.29, 0.717) is 35.0 Å². The van der Waals surface area contributed by atoms with Crippen LogP contribution in [0.5, 0.6) is 17.2 Å².